The van der Waals surface area contributed by atoms with Gasteiger partial charge in [-0.15, -0.1) is 0 Å². The Morgan fingerprint density at radius 1 is 1.18 bits per heavy atom. The van der Waals surface area contributed by atoms with Gasteiger partial charge in [0.1, 0.15) is 11.6 Å². The van der Waals surface area contributed by atoms with Gasteiger partial charge in [0.05, 0.1) is 25.0 Å². The van der Waals surface area contributed by atoms with Gasteiger partial charge in [0, 0.05) is 55.6 Å². The van der Waals surface area contributed by atoms with Crippen molar-refractivity contribution in [1.29, 1.82) is 0 Å². The fraction of sp³-hybridized carbons (Fsp3) is 0.407. The molecule has 0 bridgehead atoms. The van der Waals surface area contributed by atoms with Crippen LogP contribution in [0.4, 0.5) is 5.69 Å². The topological polar surface area (TPSA) is 68.6 Å². The molecule has 7 heteroatoms. The van der Waals surface area contributed by atoms with E-state index in [0.29, 0.717) is 17.9 Å². The van der Waals surface area contributed by atoms with Crippen molar-refractivity contribution in [2.75, 3.05) is 25.1 Å². The van der Waals surface area contributed by atoms with Gasteiger partial charge in [-0.1, -0.05) is 12.1 Å². The zero-order valence-electron chi connectivity index (χ0n) is 20.1. The number of anilines is 1. The second-order valence-corrected chi connectivity index (χ2v) is 9.26. The first-order valence-corrected chi connectivity index (χ1v) is 12.0. The Bertz CT molecular complexity index is 1160. The summed E-state index contributed by atoms with van der Waals surface area (Å²) in [5, 5.41) is 3.11. The van der Waals surface area contributed by atoms with Gasteiger partial charge in [0.25, 0.3) is 5.91 Å². The molecule has 178 valence electrons. The maximum absolute atomic E-state index is 12.9. The quantitative estimate of drug-likeness (QED) is 0.601. The fourth-order valence-electron chi connectivity index (χ4n) is 5.01. The van der Waals surface area contributed by atoms with Crippen LogP contribution in [0.15, 0.2) is 48.7 Å². The normalized spacial score (nSPS) is 19.7. The summed E-state index contributed by atoms with van der Waals surface area (Å²) in [6, 6.07) is 13.7. The van der Waals surface area contributed by atoms with Crippen LogP contribution >= 0.6 is 0 Å². The highest BCUT2D eigenvalue weighted by atomic mass is 16.5. The van der Waals surface area contributed by atoms with Crippen LogP contribution in [0.3, 0.4) is 0 Å². The second kappa shape index (κ2) is 9.50. The number of aryl methyl sites for hydroxylation is 2. The maximum Gasteiger partial charge on any atom is 0.251 e. The van der Waals surface area contributed by atoms with Crippen LogP contribution in [0.5, 0.6) is 5.75 Å². The number of hydrogen-bond donors (Lipinski definition) is 1. The van der Waals surface area contributed by atoms with Crippen molar-refractivity contribution >= 4 is 11.6 Å². The van der Waals surface area contributed by atoms with Crippen molar-refractivity contribution in [3.05, 3.63) is 65.6 Å². The number of benzene rings is 2. The molecule has 0 spiro atoms. The van der Waals surface area contributed by atoms with E-state index in [1.54, 1.807) is 19.2 Å². The SMILES string of the molecule is COc1cccc(C(=O)NCc2cc(-c3cn4c(n3)CCC4)ccc2N2CC(C)OC(C)C2)c1. The molecule has 1 aromatic heterocycles. The monoisotopic (exact) mass is 460 g/mol. The Labute approximate surface area is 200 Å². The van der Waals surface area contributed by atoms with Crippen LogP contribution in [-0.4, -0.2) is 47.9 Å². The summed E-state index contributed by atoms with van der Waals surface area (Å²) in [5.41, 5.74) is 4.85. The molecule has 1 N–H and O–H groups in total. The first-order valence-electron chi connectivity index (χ1n) is 12.0. The predicted octanol–water partition coefficient (Wildman–Crippen LogP) is 4.05. The first kappa shape index (κ1) is 22.5. The van der Waals surface area contributed by atoms with Crippen LogP contribution in [0.2, 0.25) is 0 Å². The van der Waals surface area contributed by atoms with E-state index in [1.807, 2.05) is 12.1 Å². The number of nitrogens with zero attached hydrogens (tertiary/aromatic N) is 3. The highest BCUT2D eigenvalue weighted by molar-refractivity contribution is 5.94. The summed E-state index contributed by atoms with van der Waals surface area (Å²) >= 11 is 0. The highest BCUT2D eigenvalue weighted by Crippen LogP contribution is 2.30. The number of methoxy groups -OCH3 is 1. The lowest BCUT2D eigenvalue weighted by molar-refractivity contribution is -0.00527. The minimum Gasteiger partial charge on any atom is -0.497 e. The number of carbonyl (C=O) groups excluding carboxylic acids is 1. The van der Waals surface area contributed by atoms with Gasteiger partial charge < -0.3 is 24.3 Å². The van der Waals surface area contributed by atoms with Gasteiger partial charge in [-0.2, -0.15) is 0 Å². The number of carbonyl (C=O) groups is 1. The molecule has 3 heterocycles. The minimum atomic E-state index is -0.125. The van der Waals surface area contributed by atoms with Gasteiger partial charge >= 0.3 is 0 Å². The Morgan fingerprint density at radius 3 is 2.76 bits per heavy atom. The summed E-state index contributed by atoms with van der Waals surface area (Å²) in [4.78, 5) is 20.1. The summed E-state index contributed by atoms with van der Waals surface area (Å²) in [6.07, 6.45) is 4.65. The molecule has 0 aliphatic carbocycles. The molecular weight excluding hydrogens is 428 g/mol. The largest absolute Gasteiger partial charge is 0.497 e. The average Bonchev–Trinajstić information content (AvgIpc) is 3.44. The highest BCUT2D eigenvalue weighted by Gasteiger charge is 2.25. The van der Waals surface area contributed by atoms with Gasteiger partial charge in [-0.25, -0.2) is 4.98 Å². The third kappa shape index (κ3) is 4.66. The number of amides is 1. The van der Waals surface area contributed by atoms with E-state index >= 15 is 0 Å². The van der Waals surface area contributed by atoms with E-state index in [0.717, 1.165) is 60.8 Å². The smallest absolute Gasteiger partial charge is 0.251 e. The molecule has 2 aliphatic rings. The van der Waals surface area contributed by atoms with Crippen LogP contribution < -0.4 is 15.0 Å². The number of rotatable bonds is 6. The van der Waals surface area contributed by atoms with Crippen molar-refractivity contribution in [2.45, 2.75) is 52.0 Å². The maximum atomic E-state index is 12.9. The lowest BCUT2D eigenvalue weighted by Crippen LogP contribution is -2.46. The van der Waals surface area contributed by atoms with Crippen molar-refractivity contribution in [3.63, 3.8) is 0 Å². The predicted molar refractivity (Wildman–Crippen MR) is 132 cm³/mol. The Balaban J connectivity index is 1.43. The fourth-order valence-corrected chi connectivity index (χ4v) is 5.01. The molecule has 2 aromatic carbocycles. The van der Waals surface area contributed by atoms with Crippen LogP contribution in [0.25, 0.3) is 11.3 Å². The number of morpholine rings is 1. The summed E-state index contributed by atoms with van der Waals surface area (Å²) in [6.45, 7) is 7.31. The zero-order valence-corrected chi connectivity index (χ0v) is 20.1. The lowest BCUT2D eigenvalue weighted by atomic mass is 10.0. The number of nitrogens with one attached hydrogen (secondary N) is 1. The van der Waals surface area contributed by atoms with Crippen molar-refractivity contribution in [1.82, 2.24) is 14.9 Å². The van der Waals surface area contributed by atoms with Crippen LogP contribution in [0.1, 0.15) is 42.0 Å². The minimum absolute atomic E-state index is 0.125. The molecule has 2 atom stereocenters. The third-order valence-corrected chi connectivity index (χ3v) is 6.57. The number of fused-ring (bicyclic) bond motifs is 1. The van der Waals surface area contributed by atoms with E-state index < -0.39 is 0 Å². The Hall–Kier alpha value is -3.32. The lowest BCUT2D eigenvalue weighted by Gasteiger charge is -2.38. The molecule has 7 nitrogen and oxygen atoms in total. The molecule has 1 saturated heterocycles. The van der Waals surface area contributed by atoms with E-state index in [1.165, 1.54) is 0 Å². The van der Waals surface area contributed by atoms with Gasteiger partial charge in [0.2, 0.25) is 0 Å². The average molecular weight is 461 g/mol. The standard InChI is InChI=1S/C27H32N4O3/c1-18-15-31(16-19(2)34-18)25-10-9-20(24-17-30-11-5-8-26(30)29-24)12-22(25)14-28-27(32)21-6-4-7-23(13-21)33-3/h4,6-7,9-10,12-13,17-19H,5,8,11,14-16H2,1-3H3,(H,28,32). The number of hydrogen-bond acceptors (Lipinski definition) is 5. The van der Waals surface area contributed by atoms with E-state index in [2.05, 4.69) is 53.0 Å². The molecule has 2 unspecified atom stereocenters. The van der Waals surface area contributed by atoms with Gasteiger partial charge in [-0.3, -0.25) is 4.79 Å². The second-order valence-electron chi connectivity index (χ2n) is 9.26. The molecule has 0 radical (unpaired) electrons. The Morgan fingerprint density at radius 2 is 2.00 bits per heavy atom. The van der Waals surface area contributed by atoms with E-state index in [-0.39, 0.29) is 18.1 Å². The molecule has 1 amide bonds. The number of imidazole rings is 1. The number of ether oxygens (including phenoxy) is 2. The van der Waals surface area contributed by atoms with Crippen molar-refractivity contribution < 1.29 is 14.3 Å². The van der Waals surface area contributed by atoms with E-state index in [9.17, 15) is 4.79 Å². The zero-order chi connectivity index (χ0) is 23.7. The van der Waals surface area contributed by atoms with Crippen molar-refractivity contribution in [2.24, 2.45) is 0 Å². The molecule has 2 aliphatic heterocycles. The molecular formula is C27H32N4O3. The molecule has 0 saturated carbocycles. The van der Waals surface area contributed by atoms with Crippen molar-refractivity contribution in [3.8, 4) is 17.0 Å². The Kier molecular flexibility index (Phi) is 6.28. The molecule has 3 aromatic rings. The summed E-state index contributed by atoms with van der Waals surface area (Å²) in [7, 11) is 1.60. The number of aromatic nitrogens is 2. The van der Waals surface area contributed by atoms with Gasteiger partial charge in [-0.05, 0) is 56.2 Å². The molecule has 34 heavy (non-hydrogen) atoms. The van der Waals surface area contributed by atoms with Gasteiger partial charge in [0.15, 0.2) is 0 Å². The molecule has 5 rings (SSSR count). The third-order valence-electron chi connectivity index (χ3n) is 6.57. The molecule has 1 fully saturated rings. The van der Waals surface area contributed by atoms with Crippen LogP contribution in [-0.2, 0) is 24.2 Å². The van der Waals surface area contributed by atoms with Crippen LogP contribution in [0, 0.1) is 0 Å². The summed E-state index contributed by atoms with van der Waals surface area (Å²) < 4.78 is 13.5. The van der Waals surface area contributed by atoms with E-state index in [4.69, 9.17) is 14.5 Å². The first-order chi connectivity index (χ1) is 16.5. The summed E-state index contributed by atoms with van der Waals surface area (Å²) in [5.74, 6) is 1.70.